The van der Waals surface area contributed by atoms with Crippen molar-refractivity contribution in [2.75, 3.05) is 11.9 Å². The summed E-state index contributed by atoms with van der Waals surface area (Å²) in [6, 6.07) is 9.39. The third-order valence-corrected chi connectivity index (χ3v) is 3.33. The molecule has 1 aromatic carbocycles. The zero-order valence-corrected chi connectivity index (χ0v) is 15.4. The number of nitrogens with two attached hydrogens (primary N) is 1. The van der Waals surface area contributed by atoms with E-state index in [0.29, 0.717) is 31.0 Å². The molecule has 0 atom stereocenters. The van der Waals surface area contributed by atoms with Gasteiger partial charge in [-0.15, -0.1) is 24.8 Å². The van der Waals surface area contributed by atoms with Crippen LogP contribution in [0, 0.1) is 13.8 Å². The minimum atomic E-state index is -0.0601. The normalized spacial score (nSPS) is 9.46. The molecule has 0 aliphatic heterocycles. The van der Waals surface area contributed by atoms with Crippen molar-refractivity contribution in [2.45, 2.75) is 26.7 Å². The van der Waals surface area contributed by atoms with Crippen molar-refractivity contribution in [1.82, 2.24) is 4.98 Å². The first-order chi connectivity index (χ1) is 10.6. The Bertz CT molecular complexity index is 649. The van der Waals surface area contributed by atoms with Crippen molar-refractivity contribution in [1.29, 1.82) is 0 Å². The van der Waals surface area contributed by atoms with Crippen LogP contribution in [-0.2, 0) is 4.79 Å². The van der Waals surface area contributed by atoms with Crippen LogP contribution in [0.1, 0.15) is 24.0 Å². The van der Waals surface area contributed by atoms with E-state index in [-0.39, 0.29) is 30.7 Å². The van der Waals surface area contributed by atoms with Crippen LogP contribution >= 0.6 is 24.8 Å². The number of amides is 1. The number of carbonyl (C=O) groups is 1. The van der Waals surface area contributed by atoms with Crippen molar-refractivity contribution < 1.29 is 9.53 Å². The summed E-state index contributed by atoms with van der Waals surface area (Å²) >= 11 is 0. The number of halogens is 2. The van der Waals surface area contributed by atoms with Crippen LogP contribution in [0.3, 0.4) is 0 Å². The van der Waals surface area contributed by atoms with E-state index in [1.807, 2.05) is 25.1 Å². The number of hydrogen-bond donors (Lipinski definition) is 2. The average molecular weight is 372 g/mol. The Morgan fingerprint density at radius 2 is 1.92 bits per heavy atom. The number of rotatable bonds is 6. The number of carbonyl (C=O) groups excluding carboxylic acids is 1. The number of hydrogen-bond acceptors (Lipinski definition) is 4. The maximum atomic E-state index is 11.6. The molecule has 3 N–H and O–H groups in total. The Morgan fingerprint density at radius 1 is 1.17 bits per heavy atom. The Kier molecular flexibility index (Phi) is 10.0. The number of nitrogens with zero attached hydrogens (tertiary/aromatic N) is 1. The van der Waals surface area contributed by atoms with Gasteiger partial charge in [-0.05, 0) is 56.1 Å². The van der Waals surface area contributed by atoms with Gasteiger partial charge in [-0.2, -0.15) is 0 Å². The lowest BCUT2D eigenvalue weighted by molar-refractivity contribution is -0.116. The average Bonchev–Trinajstić information content (AvgIpc) is 2.51. The van der Waals surface area contributed by atoms with Crippen LogP contribution in [0.15, 0.2) is 36.5 Å². The van der Waals surface area contributed by atoms with Gasteiger partial charge in [-0.1, -0.05) is 6.07 Å². The smallest absolute Gasteiger partial charge is 0.224 e. The number of pyridine rings is 1. The lowest BCUT2D eigenvalue weighted by Gasteiger charge is -2.08. The lowest BCUT2D eigenvalue weighted by atomic mass is 10.1. The minimum Gasteiger partial charge on any atom is -0.439 e. The van der Waals surface area contributed by atoms with Gasteiger partial charge in [-0.3, -0.25) is 4.79 Å². The van der Waals surface area contributed by atoms with Crippen LogP contribution in [0.5, 0.6) is 11.6 Å². The number of nitrogens with one attached hydrogen (secondary N) is 1. The molecule has 1 amide bonds. The van der Waals surface area contributed by atoms with Crippen LogP contribution in [0.2, 0.25) is 0 Å². The zero-order valence-electron chi connectivity index (χ0n) is 13.7. The Morgan fingerprint density at radius 3 is 2.50 bits per heavy atom. The first-order valence-corrected chi connectivity index (χ1v) is 7.29. The molecule has 7 heteroatoms. The van der Waals surface area contributed by atoms with Gasteiger partial charge >= 0.3 is 0 Å². The fraction of sp³-hybridized carbons (Fsp3) is 0.294. The zero-order chi connectivity index (χ0) is 15.9. The number of ether oxygens (including phenoxy) is 1. The van der Waals surface area contributed by atoms with Gasteiger partial charge in [0, 0.05) is 12.5 Å². The summed E-state index contributed by atoms with van der Waals surface area (Å²) in [6.07, 6.45) is 2.67. The highest BCUT2D eigenvalue weighted by molar-refractivity contribution is 5.90. The van der Waals surface area contributed by atoms with E-state index < -0.39 is 0 Å². The highest BCUT2D eigenvalue weighted by atomic mass is 35.5. The SMILES string of the molecule is Cc1ccc(Oc2ccc(NC(=O)CCCN)cn2)cc1C.Cl.Cl. The molecule has 0 saturated heterocycles. The van der Waals surface area contributed by atoms with Gasteiger partial charge in [0.1, 0.15) is 5.75 Å². The van der Waals surface area contributed by atoms with Gasteiger partial charge in [0.15, 0.2) is 0 Å². The van der Waals surface area contributed by atoms with E-state index in [9.17, 15) is 4.79 Å². The van der Waals surface area contributed by atoms with Crippen LogP contribution < -0.4 is 15.8 Å². The van der Waals surface area contributed by atoms with Gasteiger partial charge < -0.3 is 15.8 Å². The van der Waals surface area contributed by atoms with Crippen LogP contribution in [-0.4, -0.2) is 17.4 Å². The summed E-state index contributed by atoms with van der Waals surface area (Å²) in [7, 11) is 0. The van der Waals surface area contributed by atoms with Crippen molar-refractivity contribution in [2.24, 2.45) is 5.73 Å². The monoisotopic (exact) mass is 371 g/mol. The van der Waals surface area contributed by atoms with E-state index in [2.05, 4.69) is 17.2 Å². The Balaban J connectivity index is 0.00000264. The van der Waals surface area contributed by atoms with E-state index in [1.54, 1.807) is 18.3 Å². The number of anilines is 1. The van der Waals surface area contributed by atoms with Crippen molar-refractivity contribution in [3.05, 3.63) is 47.7 Å². The molecule has 132 valence electrons. The fourth-order valence-electron chi connectivity index (χ4n) is 1.90. The van der Waals surface area contributed by atoms with Gasteiger partial charge in [-0.25, -0.2) is 4.98 Å². The van der Waals surface area contributed by atoms with Gasteiger partial charge in [0.25, 0.3) is 0 Å². The molecule has 1 heterocycles. The Labute approximate surface area is 154 Å². The molecule has 0 aliphatic rings. The molecule has 0 unspecified atom stereocenters. The summed E-state index contributed by atoms with van der Waals surface area (Å²) in [5.41, 5.74) is 8.41. The molecule has 2 rings (SSSR count). The number of benzene rings is 1. The van der Waals surface area contributed by atoms with E-state index in [4.69, 9.17) is 10.5 Å². The molecule has 5 nitrogen and oxygen atoms in total. The molecule has 0 aliphatic carbocycles. The quantitative estimate of drug-likeness (QED) is 0.803. The molecule has 0 radical (unpaired) electrons. The minimum absolute atomic E-state index is 0. The second-order valence-electron chi connectivity index (χ2n) is 5.17. The second-order valence-corrected chi connectivity index (χ2v) is 5.17. The van der Waals surface area contributed by atoms with E-state index in [0.717, 1.165) is 5.75 Å². The Hall–Kier alpha value is -1.82. The number of aryl methyl sites for hydroxylation is 2. The third-order valence-electron chi connectivity index (χ3n) is 3.33. The largest absolute Gasteiger partial charge is 0.439 e. The molecule has 24 heavy (non-hydrogen) atoms. The summed E-state index contributed by atoms with van der Waals surface area (Å²) in [5.74, 6) is 1.17. The van der Waals surface area contributed by atoms with Crippen molar-refractivity contribution in [3.63, 3.8) is 0 Å². The maximum absolute atomic E-state index is 11.6. The summed E-state index contributed by atoms with van der Waals surface area (Å²) in [4.78, 5) is 15.8. The summed E-state index contributed by atoms with van der Waals surface area (Å²) in [6.45, 7) is 4.60. The molecular formula is C17H23Cl2N3O2. The van der Waals surface area contributed by atoms with Gasteiger partial charge in [0.05, 0.1) is 11.9 Å². The van der Waals surface area contributed by atoms with E-state index >= 15 is 0 Å². The number of aromatic nitrogens is 1. The molecule has 0 fully saturated rings. The molecule has 0 saturated carbocycles. The first kappa shape index (κ1) is 22.2. The summed E-state index contributed by atoms with van der Waals surface area (Å²) in [5, 5.41) is 2.77. The predicted octanol–water partition coefficient (Wildman–Crippen LogP) is 4.01. The maximum Gasteiger partial charge on any atom is 0.224 e. The molecule has 0 spiro atoms. The first-order valence-electron chi connectivity index (χ1n) is 7.29. The fourth-order valence-corrected chi connectivity index (χ4v) is 1.90. The lowest BCUT2D eigenvalue weighted by Crippen LogP contribution is -2.13. The van der Waals surface area contributed by atoms with Crippen molar-refractivity contribution >= 4 is 36.4 Å². The highest BCUT2D eigenvalue weighted by Crippen LogP contribution is 2.22. The van der Waals surface area contributed by atoms with Crippen LogP contribution in [0.4, 0.5) is 5.69 Å². The van der Waals surface area contributed by atoms with Gasteiger partial charge in [0.2, 0.25) is 11.8 Å². The predicted molar refractivity (Wildman–Crippen MR) is 102 cm³/mol. The van der Waals surface area contributed by atoms with Crippen molar-refractivity contribution in [3.8, 4) is 11.6 Å². The van der Waals surface area contributed by atoms with Crippen LogP contribution in [0.25, 0.3) is 0 Å². The molecular weight excluding hydrogens is 349 g/mol. The third kappa shape index (κ3) is 6.74. The molecule has 1 aromatic heterocycles. The standard InChI is InChI=1S/C17H21N3O2.2ClH/c1-12-5-7-15(10-13(12)2)22-17-8-6-14(11-19-17)20-16(21)4-3-9-18;;/h5-8,10-11H,3-4,9,18H2,1-2H3,(H,20,21);2*1H. The summed E-state index contributed by atoms with van der Waals surface area (Å²) < 4.78 is 5.70. The molecule has 0 bridgehead atoms. The van der Waals surface area contributed by atoms with E-state index in [1.165, 1.54) is 11.1 Å². The highest BCUT2D eigenvalue weighted by Gasteiger charge is 2.04. The molecule has 2 aromatic rings. The second kappa shape index (κ2) is 10.9. The topological polar surface area (TPSA) is 77.2 Å².